The zero-order chi connectivity index (χ0) is 18.8. The number of carbonyl (C=O) groups is 1. The van der Waals surface area contributed by atoms with Gasteiger partial charge in [0, 0.05) is 19.3 Å². The number of benzene rings is 1. The van der Waals surface area contributed by atoms with E-state index in [0.717, 1.165) is 28.8 Å². The summed E-state index contributed by atoms with van der Waals surface area (Å²) in [5, 5.41) is 8.19. The van der Waals surface area contributed by atoms with Gasteiger partial charge in [-0.25, -0.2) is 4.98 Å². The summed E-state index contributed by atoms with van der Waals surface area (Å²) in [7, 11) is 5.84. The van der Waals surface area contributed by atoms with Gasteiger partial charge >= 0.3 is 0 Å². The van der Waals surface area contributed by atoms with Crippen molar-refractivity contribution in [1.29, 1.82) is 0 Å². The number of carbonyl (C=O) groups excluding carboxylic acids is 1. The van der Waals surface area contributed by atoms with Crippen LogP contribution in [-0.2, 0) is 7.05 Å². The highest BCUT2D eigenvalue weighted by Gasteiger charge is 2.20. The lowest BCUT2D eigenvalue weighted by molar-refractivity contribution is 0.0931. The van der Waals surface area contributed by atoms with Crippen molar-refractivity contribution >= 4 is 16.9 Å². The maximum atomic E-state index is 13.1. The molecule has 0 saturated carbocycles. The number of aryl methyl sites for hydroxylation is 3. The lowest BCUT2D eigenvalue weighted by atomic mass is 10.0. The first-order chi connectivity index (χ1) is 12.3. The summed E-state index contributed by atoms with van der Waals surface area (Å²) in [5.41, 5.74) is 4.41. The van der Waals surface area contributed by atoms with Gasteiger partial charge in [-0.15, -0.1) is 0 Å². The average molecular weight is 351 g/mol. The van der Waals surface area contributed by atoms with Crippen molar-refractivity contribution < 1.29 is 4.79 Å². The van der Waals surface area contributed by atoms with Crippen LogP contribution in [-0.4, -0.2) is 46.2 Å². The van der Waals surface area contributed by atoms with Crippen LogP contribution in [0.5, 0.6) is 0 Å². The second-order valence-corrected chi connectivity index (χ2v) is 7.02. The van der Waals surface area contributed by atoms with Crippen LogP contribution >= 0.6 is 0 Å². The summed E-state index contributed by atoms with van der Waals surface area (Å²) in [6.45, 7) is 4.66. The Bertz CT molecular complexity index is 927. The Kier molecular flexibility index (Phi) is 5.04. The van der Waals surface area contributed by atoms with E-state index in [1.54, 1.807) is 10.9 Å². The topological polar surface area (TPSA) is 63.1 Å². The monoisotopic (exact) mass is 351 g/mol. The Morgan fingerprint density at radius 1 is 1.23 bits per heavy atom. The fourth-order valence-corrected chi connectivity index (χ4v) is 3.06. The van der Waals surface area contributed by atoms with Crippen LogP contribution in [0.4, 0.5) is 0 Å². The molecule has 0 radical (unpaired) electrons. The first-order valence-corrected chi connectivity index (χ1v) is 8.66. The predicted molar refractivity (Wildman–Crippen MR) is 103 cm³/mol. The fourth-order valence-electron chi connectivity index (χ4n) is 3.06. The molecule has 0 aliphatic heterocycles. The second-order valence-electron chi connectivity index (χ2n) is 7.02. The first kappa shape index (κ1) is 18.1. The quantitative estimate of drug-likeness (QED) is 0.767. The maximum absolute atomic E-state index is 13.1. The summed E-state index contributed by atoms with van der Waals surface area (Å²) in [6, 6.07) is 10.0. The minimum atomic E-state index is -0.110. The zero-order valence-electron chi connectivity index (χ0n) is 15.9. The summed E-state index contributed by atoms with van der Waals surface area (Å²) in [4.78, 5) is 19.6. The number of fused-ring (bicyclic) bond motifs is 1. The number of nitrogens with zero attached hydrogens (tertiary/aromatic N) is 4. The van der Waals surface area contributed by atoms with Gasteiger partial charge in [0.15, 0.2) is 5.65 Å². The van der Waals surface area contributed by atoms with E-state index < -0.39 is 0 Å². The molecule has 1 unspecified atom stereocenters. The fraction of sp³-hybridized carbons (Fsp3) is 0.350. The van der Waals surface area contributed by atoms with E-state index in [-0.39, 0.29) is 11.9 Å². The van der Waals surface area contributed by atoms with Crippen LogP contribution in [0, 0.1) is 13.8 Å². The van der Waals surface area contributed by atoms with Crippen LogP contribution < -0.4 is 5.32 Å². The van der Waals surface area contributed by atoms with Crippen molar-refractivity contribution in [1.82, 2.24) is 25.0 Å². The SMILES string of the molecule is Cc1ccc(C(CN(C)C)NC(=O)c2cc(C)nc3c2cnn3C)cc1. The molecule has 3 aromatic rings. The normalized spacial score (nSPS) is 12.5. The van der Waals surface area contributed by atoms with Gasteiger partial charge in [-0.05, 0) is 39.6 Å². The van der Waals surface area contributed by atoms with Crippen LogP contribution in [0.1, 0.15) is 33.2 Å². The first-order valence-electron chi connectivity index (χ1n) is 8.66. The third-order valence-electron chi connectivity index (χ3n) is 4.41. The van der Waals surface area contributed by atoms with Gasteiger partial charge in [-0.2, -0.15) is 5.10 Å². The third kappa shape index (κ3) is 3.75. The highest BCUT2D eigenvalue weighted by atomic mass is 16.1. The minimum absolute atomic E-state index is 0.0988. The molecule has 6 nitrogen and oxygen atoms in total. The van der Waals surface area contributed by atoms with E-state index in [1.165, 1.54) is 5.56 Å². The maximum Gasteiger partial charge on any atom is 0.252 e. The van der Waals surface area contributed by atoms with Gasteiger partial charge in [0.05, 0.1) is 23.2 Å². The molecular weight excluding hydrogens is 326 g/mol. The Labute approximate surface area is 153 Å². The highest BCUT2D eigenvalue weighted by molar-refractivity contribution is 6.05. The van der Waals surface area contributed by atoms with E-state index in [0.29, 0.717) is 5.56 Å². The van der Waals surface area contributed by atoms with Crippen molar-refractivity contribution in [2.24, 2.45) is 7.05 Å². The minimum Gasteiger partial charge on any atom is -0.344 e. The summed E-state index contributed by atoms with van der Waals surface area (Å²) >= 11 is 0. The van der Waals surface area contributed by atoms with Gasteiger partial charge in [0.1, 0.15) is 0 Å². The largest absolute Gasteiger partial charge is 0.344 e. The molecule has 1 N–H and O–H groups in total. The molecule has 1 aromatic carbocycles. The van der Waals surface area contributed by atoms with Crippen molar-refractivity contribution in [3.8, 4) is 0 Å². The number of pyridine rings is 1. The molecule has 0 bridgehead atoms. The van der Waals surface area contributed by atoms with E-state index in [1.807, 2.05) is 34.1 Å². The number of rotatable bonds is 5. The number of hydrogen-bond donors (Lipinski definition) is 1. The predicted octanol–water partition coefficient (Wildman–Crippen LogP) is 2.62. The molecule has 6 heteroatoms. The number of hydrogen-bond acceptors (Lipinski definition) is 4. The lowest BCUT2D eigenvalue weighted by Crippen LogP contribution is -2.35. The van der Waals surface area contributed by atoms with Gasteiger partial charge in [-0.1, -0.05) is 29.8 Å². The molecule has 3 rings (SSSR count). The lowest BCUT2D eigenvalue weighted by Gasteiger charge is -2.23. The van der Waals surface area contributed by atoms with Crippen molar-refractivity contribution in [2.75, 3.05) is 20.6 Å². The smallest absolute Gasteiger partial charge is 0.252 e. The highest BCUT2D eigenvalue weighted by Crippen LogP contribution is 2.20. The third-order valence-corrected chi connectivity index (χ3v) is 4.41. The molecule has 1 amide bonds. The molecule has 2 heterocycles. The molecule has 0 saturated heterocycles. The van der Waals surface area contributed by atoms with Crippen LogP contribution in [0.3, 0.4) is 0 Å². The second kappa shape index (κ2) is 7.25. The van der Waals surface area contributed by atoms with Gasteiger partial charge in [-0.3, -0.25) is 9.48 Å². The van der Waals surface area contributed by atoms with E-state index in [9.17, 15) is 4.79 Å². The average Bonchev–Trinajstić information content (AvgIpc) is 2.95. The number of nitrogens with one attached hydrogen (secondary N) is 1. The Balaban J connectivity index is 1.94. The van der Waals surface area contributed by atoms with Crippen molar-refractivity contribution in [3.05, 3.63) is 58.9 Å². The number of likely N-dealkylation sites (N-methyl/N-ethyl adjacent to an activating group) is 1. The van der Waals surface area contributed by atoms with Gasteiger partial charge in [0.25, 0.3) is 5.91 Å². The molecular formula is C20H25N5O. The Morgan fingerprint density at radius 3 is 2.58 bits per heavy atom. The molecule has 0 spiro atoms. The molecule has 0 fully saturated rings. The number of aromatic nitrogens is 3. The molecule has 26 heavy (non-hydrogen) atoms. The van der Waals surface area contributed by atoms with Gasteiger partial charge < -0.3 is 10.2 Å². The Morgan fingerprint density at radius 2 is 1.92 bits per heavy atom. The van der Waals surface area contributed by atoms with E-state index >= 15 is 0 Å². The molecule has 136 valence electrons. The van der Waals surface area contributed by atoms with Crippen molar-refractivity contribution in [2.45, 2.75) is 19.9 Å². The summed E-state index contributed by atoms with van der Waals surface area (Å²) < 4.78 is 1.69. The van der Waals surface area contributed by atoms with Crippen LogP contribution in [0.15, 0.2) is 36.5 Å². The summed E-state index contributed by atoms with van der Waals surface area (Å²) in [5.74, 6) is -0.110. The molecule has 0 aliphatic rings. The van der Waals surface area contributed by atoms with E-state index in [4.69, 9.17) is 0 Å². The van der Waals surface area contributed by atoms with Crippen LogP contribution in [0.2, 0.25) is 0 Å². The van der Waals surface area contributed by atoms with E-state index in [2.05, 4.69) is 51.5 Å². The molecule has 2 aromatic heterocycles. The number of amides is 1. The summed E-state index contributed by atoms with van der Waals surface area (Å²) in [6.07, 6.45) is 1.70. The molecule has 0 aliphatic carbocycles. The van der Waals surface area contributed by atoms with Crippen molar-refractivity contribution in [3.63, 3.8) is 0 Å². The molecule has 1 atom stereocenters. The van der Waals surface area contributed by atoms with Gasteiger partial charge in [0.2, 0.25) is 0 Å². The Hall–Kier alpha value is -2.73. The van der Waals surface area contributed by atoms with Crippen LogP contribution in [0.25, 0.3) is 11.0 Å². The zero-order valence-corrected chi connectivity index (χ0v) is 15.9. The standard InChI is InChI=1S/C20H25N5O/c1-13-6-8-15(9-7-13)18(12-24(3)4)23-20(26)16-10-14(2)22-19-17(16)11-21-25(19)5/h6-11,18H,12H2,1-5H3,(H,23,26).